The lowest BCUT2D eigenvalue weighted by atomic mass is 10.0. The van der Waals surface area contributed by atoms with Crippen molar-refractivity contribution in [1.29, 1.82) is 0 Å². The first-order chi connectivity index (χ1) is 6.24. The van der Waals surface area contributed by atoms with E-state index >= 15 is 0 Å². The SMILES string of the molecule is NC(CC1(CNC2CC2)CC1)=NO. The van der Waals surface area contributed by atoms with Gasteiger partial charge in [0.25, 0.3) is 0 Å². The van der Waals surface area contributed by atoms with Crippen LogP contribution >= 0.6 is 0 Å². The second kappa shape index (κ2) is 3.18. The predicted octanol–water partition coefficient (Wildman–Crippen LogP) is 0.655. The zero-order chi connectivity index (χ0) is 9.31. The monoisotopic (exact) mass is 183 g/mol. The molecule has 0 unspecified atom stereocenters. The number of nitrogens with one attached hydrogen (secondary N) is 1. The van der Waals surface area contributed by atoms with Gasteiger partial charge in [-0.15, -0.1) is 0 Å². The van der Waals surface area contributed by atoms with Crippen LogP contribution in [-0.2, 0) is 0 Å². The highest BCUT2D eigenvalue weighted by molar-refractivity contribution is 5.80. The van der Waals surface area contributed by atoms with Gasteiger partial charge in [-0.1, -0.05) is 5.16 Å². The minimum absolute atomic E-state index is 0.318. The number of rotatable bonds is 5. The average molecular weight is 183 g/mol. The van der Waals surface area contributed by atoms with Crippen LogP contribution in [0.3, 0.4) is 0 Å². The van der Waals surface area contributed by atoms with Crippen LogP contribution in [0.4, 0.5) is 0 Å². The summed E-state index contributed by atoms with van der Waals surface area (Å²) in [7, 11) is 0. The highest BCUT2D eigenvalue weighted by Gasteiger charge is 2.43. The molecule has 0 aromatic carbocycles. The van der Waals surface area contributed by atoms with Crippen molar-refractivity contribution in [2.75, 3.05) is 6.54 Å². The van der Waals surface area contributed by atoms with E-state index in [2.05, 4.69) is 10.5 Å². The van der Waals surface area contributed by atoms with Gasteiger partial charge in [-0.3, -0.25) is 0 Å². The van der Waals surface area contributed by atoms with Crippen LogP contribution in [0.15, 0.2) is 5.16 Å². The standard InChI is InChI=1S/C9H17N3O/c10-8(12-13)5-9(3-4-9)6-11-7-1-2-7/h7,11,13H,1-6H2,(H2,10,12). The number of oxime groups is 1. The lowest BCUT2D eigenvalue weighted by Gasteiger charge is -2.14. The zero-order valence-electron chi connectivity index (χ0n) is 7.79. The van der Waals surface area contributed by atoms with Crippen LogP contribution in [-0.4, -0.2) is 23.6 Å². The third kappa shape index (κ3) is 2.34. The van der Waals surface area contributed by atoms with Gasteiger partial charge in [-0.2, -0.15) is 0 Å². The molecule has 2 aliphatic carbocycles. The number of nitrogens with zero attached hydrogens (tertiary/aromatic N) is 1. The van der Waals surface area contributed by atoms with Gasteiger partial charge in [-0.25, -0.2) is 0 Å². The first kappa shape index (κ1) is 8.81. The molecule has 0 saturated heterocycles. The normalized spacial score (nSPS) is 26.0. The van der Waals surface area contributed by atoms with Crippen molar-refractivity contribution in [1.82, 2.24) is 5.32 Å². The summed E-state index contributed by atoms with van der Waals surface area (Å²) < 4.78 is 0. The van der Waals surface area contributed by atoms with E-state index in [1.54, 1.807) is 0 Å². The molecular formula is C9H17N3O. The third-order valence-electron chi connectivity index (χ3n) is 2.98. The number of hydrogen-bond acceptors (Lipinski definition) is 3. The molecule has 2 fully saturated rings. The van der Waals surface area contributed by atoms with Gasteiger partial charge in [0, 0.05) is 19.0 Å². The van der Waals surface area contributed by atoms with Crippen molar-refractivity contribution in [3.05, 3.63) is 0 Å². The fourth-order valence-electron chi connectivity index (χ4n) is 1.66. The van der Waals surface area contributed by atoms with Gasteiger partial charge in [0.15, 0.2) is 0 Å². The van der Waals surface area contributed by atoms with E-state index in [0.29, 0.717) is 11.3 Å². The Morgan fingerprint density at radius 1 is 1.54 bits per heavy atom. The molecule has 2 aliphatic rings. The zero-order valence-corrected chi connectivity index (χ0v) is 7.79. The summed E-state index contributed by atoms with van der Waals surface area (Å²) in [6.45, 7) is 1.04. The summed E-state index contributed by atoms with van der Waals surface area (Å²) in [5, 5.41) is 15.0. The summed E-state index contributed by atoms with van der Waals surface area (Å²) >= 11 is 0. The highest BCUT2D eigenvalue weighted by Crippen LogP contribution is 2.48. The number of hydrogen-bond donors (Lipinski definition) is 3. The lowest BCUT2D eigenvalue weighted by molar-refractivity contribution is 0.314. The molecule has 4 heteroatoms. The van der Waals surface area contributed by atoms with Gasteiger partial charge in [-0.05, 0) is 31.1 Å². The fourth-order valence-corrected chi connectivity index (χ4v) is 1.66. The van der Waals surface area contributed by atoms with Gasteiger partial charge in [0.2, 0.25) is 0 Å². The Morgan fingerprint density at radius 2 is 2.23 bits per heavy atom. The Labute approximate surface area is 78.2 Å². The van der Waals surface area contributed by atoms with Crippen LogP contribution in [0.2, 0.25) is 0 Å². The van der Waals surface area contributed by atoms with Gasteiger partial charge in [0.05, 0.1) is 0 Å². The molecule has 0 aliphatic heterocycles. The summed E-state index contributed by atoms with van der Waals surface area (Å²) in [5.74, 6) is 0.370. The third-order valence-corrected chi connectivity index (χ3v) is 2.98. The van der Waals surface area contributed by atoms with Crippen molar-refractivity contribution in [3.63, 3.8) is 0 Å². The van der Waals surface area contributed by atoms with Crippen molar-refractivity contribution in [2.24, 2.45) is 16.3 Å². The molecule has 0 atom stereocenters. The molecule has 74 valence electrons. The molecule has 4 N–H and O–H groups in total. The molecule has 0 amide bonds. The Balaban J connectivity index is 1.75. The largest absolute Gasteiger partial charge is 0.409 e. The van der Waals surface area contributed by atoms with Gasteiger partial charge < -0.3 is 16.3 Å². The molecule has 13 heavy (non-hydrogen) atoms. The van der Waals surface area contributed by atoms with Crippen molar-refractivity contribution < 1.29 is 5.21 Å². The van der Waals surface area contributed by atoms with Crippen LogP contribution in [0.5, 0.6) is 0 Å². The summed E-state index contributed by atoms with van der Waals surface area (Å²) in [4.78, 5) is 0. The first-order valence-electron chi connectivity index (χ1n) is 4.94. The minimum atomic E-state index is 0.318. The summed E-state index contributed by atoms with van der Waals surface area (Å²) in [6, 6.07) is 0.754. The Bertz CT molecular complexity index is 219. The fraction of sp³-hybridized carbons (Fsp3) is 0.889. The van der Waals surface area contributed by atoms with E-state index in [9.17, 15) is 0 Å². The number of amidine groups is 1. The molecule has 0 aromatic heterocycles. The molecular weight excluding hydrogens is 166 g/mol. The van der Waals surface area contributed by atoms with E-state index in [0.717, 1.165) is 19.0 Å². The number of nitrogens with two attached hydrogens (primary N) is 1. The van der Waals surface area contributed by atoms with Gasteiger partial charge in [0.1, 0.15) is 5.84 Å². The van der Waals surface area contributed by atoms with E-state index < -0.39 is 0 Å². The van der Waals surface area contributed by atoms with Crippen molar-refractivity contribution in [2.45, 2.75) is 38.1 Å². The molecule has 0 radical (unpaired) electrons. The van der Waals surface area contributed by atoms with Crippen LogP contribution in [0.1, 0.15) is 32.1 Å². The summed E-state index contributed by atoms with van der Waals surface area (Å²) in [5.41, 5.74) is 5.81. The van der Waals surface area contributed by atoms with E-state index in [-0.39, 0.29) is 0 Å². The maximum Gasteiger partial charge on any atom is 0.139 e. The van der Waals surface area contributed by atoms with E-state index in [1.165, 1.54) is 25.7 Å². The van der Waals surface area contributed by atoms with Crippen LogP contribution < -0.4 is 11.1 Å². The van der Waals surface area contributed by atoms with E-state index in [4.69, 9.17) is 10.9 Å². The molecule has 0 aromatic rings. The van der Waals surface area contributed by atoms with Crippen molar-refractivity contribution >= 4 is 5.84 Å². The van der Waals surface area contributed by atoms with Crippen LogP contribution in [0, 0.1) is 5.41 Å². The lowest BCUT2D eigenvalue weighted by Crippen LogP contribution is -2.29. The first-order valence-corrected chi connectivity index (χ1v) is 4.94. The highest BCUT2D eigenvalue weighted by atomic mass is 16.4. The van der Waals surface area contributed by atoms with E-state index in [1.807, 2.05) is 0 Å². The second-order valence-corrected chi connectivity index (χ2v) is 4.42. The smallest absolute Gasteiger partial charge is 0.139 e. The Morgan fingerprint density at radius 3 is 2.69 bits per heavy atom. The Hall–Kier alpha value is -0.770. The molecule has 0 heterocycles. The molecule has 0 bridgehead atoms. The average Bonchev–Trinajstić information content (AvgIpc) is 2.97. The molecule has 4 nitrogen and oxygen atoms in total. The minimum Gasteiger partial charge on any atom is -0.409 e. The maximum absolute atomic E-state index is 8.46. The van der Waals surface area contributed by atoms with Gasteiger partial charge >= 0.3 is 0 Å². The Kier molecular flexibility index (Phi) is 2.15. The predicted molar refractivity (Wildman–Crippen MR) is 50.7 cm³/mol. The maximum atomic E-state index is 8.46. The quantitative estimate of drug-likeness (QED) is 0.254. The van der Waals surface area contributed by atoms with Crippen molar-refractivity contribution in [3.8, 4) is 0 Å². The summed E-state index contributed by atoms with van der Waals surface area (Å²) in [6.07, 6.45) is 5.80. The second-order valence-electron chi connectivity index (χ2n) is 4.42. The molecule has 2 rings (SSSR count). The topological polar surface area (TPSA) is 70.6 Å². The van der Waals surface area contributed by atoms with Crippen LogP contribution in [0.25, 0.3) is 0 Å². The molecule has 2 saturated carbocycles. The molecule has 0 spiro atoms.